The van der Waals surface area contributed by atoms with Crippen molar-refractivity contribution in [2.24, 2.45) is 0 Å². The summed E-state index contributed by atoms with van der Waals surface area (Å²) < 4.78 is 0. The maximum atomic E-state index is 9.59. The molecule has 1 nitrogen and oxygen atoms in total. The van der Waals surface area contributed by atoms with Crippen molar-refractivity contribution in [3.8, 4) is 17.6 Å². The first kappa shape index (κ1) is 12.0. The molecule has 0 fully saturated rings. The molecule has 80 valence electrons. The average Bonchev–Trinajstić information content (AvgIpc) is 2.25. The zero-order valence-electron chi connectivity index (χ0n) is 8.90. The molecule has 1 unspecified atom stereocenters. The van der Waals surface area contributed by atoms with Gasteiger partial charge in [0.05, 0.1) is 0 Å². The number of thiol groups is 1. The summed E-state index contributed by atoms with van der Waals surface area (Å²) >= 11 is 4.43. The van der Waals surface area contributed by atoms with Crippen molar-refractivity contribution in [2.45, 2.75) is 31.4 Å². The van der Waals surface area contributed by atoms with Crippen molar-refractivity contribution in [3.63, 3.8) is 0 Å². The molecule has 1 atom stereocenters. The topological polar surface area (TPSA) is 20.2 Å². The molecule has 0 radical (unpaired) electrons. The van der Waals surface area contributed by atoms with E-state index in [4.69, 9.17) is 0 Å². The minimum Gasteiger partial charge on any atom is -0.508 e. The Labute approximate surface area is 96.9 Å². The zero-order chi connectivity index (χ0) is 11.1. The summed E-state index contributed by atoms with van der Waals surface area (Å²) in [6.07, 6.45) is 2.70. The Morgan fingerprint density at radius 3 is 2.73 bits per heavy atom. The molecule has 1 aromatic carbocycles. The predicted octanol–water partition coefficient (Wildman–Crippen LogP) is 3.56. The van der Waals surface area contributed by atoms with E-state index < -0.39 is 0 Å². The molecule has 0 amide bonds. The Bertz CT molecular complexity index is 362. The minimum atomic E-state index is -0.00411. The lowest BCUT2D eigenvalue weighted by Crippen LogP contribution is -1.89. The number of phenolic OH excluding ortho intramolecular Hbond substituents is 1. The highest BCUT2D eigenvalue weighted by molar-refractivity contribution is 7.80. The van der Waals surface area contributed by atoms with Crippen LogP contribution in [-0.2, 0) is 0 Å². The monoisotopic (exact) mass is 220 g/mol. The van der Waals surface area contributed by atoms with Crippen LogP contribution >= 0.6 is 12.6 Å². The second-order valence-electron chi connectivity index (χ2n) is 3.38. The molecule has 1 aromatic rings. The first-order chi connectivity index (χ1) is 7.25. The SMILES string of the molecule is CCCC#CCC(S)c1ccccc1O. The molecule has 2 heteroatoms. The second-order valence-corrected chi connectivity index (χ2v) is 4.01. The summed E-state index contributed by atoms with van der Waals surface area (Å²) in [7, 11) is 0. The molecule has 0 aromatic heterocycles. The molecule has 0 heterocycles. The number of hydrogen-bond acceptors (Lipinski definition) is 2. The number of rotatable bonds is 3. The van der Waals surface area contributed by atoms with Gasteiger partial charge in [0.2, 0.25) is 0 Å². The van der Waals surface area contributed by atoms with E-state index >= 15 is 0 Å². The van der Waals surface area contributed by atoms with Crippen LogP contribution in [0.1, 0.15) is 37.0 Å². The van der Waals surface area contributed by atoms with Crippen molar-refractivity contribution < 1.29 is 5.11 Å². The van der Waals surface area contributed by atoms with Gasteiger partial charge in [-0.2, -0.15) is 12.6 Å². The Hall–Kier alpha value is -1.07. The van der Waals surface area contributed by atoms with E-state index in [0.29, 0.717) is 12.2 Å². The van der Waals surface area contributed by atoms with Crippen LogP contribution in [-0.4, -0.2) is 5.11 Å². The summed E-state index contributed by atoms with van der Waals surface area (Å²) in [5.41, 5.74) is 0.853. The van der Waals surface area contributed by atoms with Gasteiger partial charge in [0.1, 0.15) is 5.75 Å². The molecular weight excluding hydrogens is 204 g/mol. The summed E-state index contributed by atoms with van der Waals surface area (Å²) in [6.45, 7) is 2.11. The maximum Gasteiger partial charge on any atom is 0.119 e. The van der Waals surface area contributed by atoms with E-state index in [0.717, 1.165) is 18.4 Å². The van der Waals surface area contributed by atoms with Crippen LogP contribution < -0.4 is 0 Å². The lowest BCUT2D eigenvalue weighted by molar-refractivity contribution is 0.468. The lowest BCUT2D eigenvalue weighted by atomic mass is 10.1. The van der Waals surface area contributed by atoms with Crippen molar-refractivity contribution in [2.75, 3.05) is 0 Å². The smallest absolute Gasteiger partial charge is 0.119 e. The molecule has 0 bridgehead atoms. The largest absolute Gasteiger partial charge is 0.508 e. The van der Waals surface area contributed by atoms with Crippen LogP contribution in [0.25, 0.3) is 0 Å². The van der Waals surface area contributed by atoms with Gasteiger partial charge >= 0.3 is 0 Å². The van der Waals surface area contributed by atoms with Crippen LogP contribution in [0.5, 0.6) is 5.75 Å². The fourth-order valence-electron chi connectivity index (χ4n) is 1.26. The van der Waals surface area contributed by atoms with Crippen molar-refractivity contribution in [3.05, 3.63) is 29.8 Å². The molecule has 0 aliphatic carbocycles. The normalized spacial score (nSPS) is 11.6. The number of unbranched alkanes of at least 4 members (excludes halogenated alkanes) is 1. The Morgan fingerprint density at radius 1 is 1.33 bits per heavy atom. The first-order valence-electron chi connectivity index (χ1n) is 5.17. The van der Waals surface area contributed by atoms with Crippen LogP contribution in [0.3, 0.4) is 0 Å². The van der Waals surface area contributed by atoms with Crippen LogP contribution in [0.2, 0.25) is 0 Å². The van der Waals surface area contributed by atoms with E-state index in [1.54, 1.807) is 6.07 Å². The van der Waals surface area contributed by atoms with Gasteiger partial charge < -0.3 is 5.11 Å². The van der Waals surface area contributed by atoms with Gasteiger partial charge in [-0.05, 0) is 12.5 Å². The summed E-state index contributed by atoms with van der Waals surface area (Å²) in [5, 5.41) is 9.58. The van der Waals surface area contributed by atoms with E-state index in [1.807, 2.05) is 18.2 Å². The second kappa shape index (κ2) is 6.42. The van der Waals surface area contributed by atoms with Crippen molar-refractivity contribution >= 4 is 12.6 Å². The quantitative estimate of drug-likeness (QED) is 0.589. The Kier molecular flexibility index (Phi) is 5.14. The van der Waals surface area contributed by atoms with E-state index in [9.17, 15) is 5.11 Å². The number of para-hydroxylation sites is 1. The lowest BCUT2D eigenvalue weighted by Gasteiger charge is -2.08. The highest BCUT2D eigenvalue weighted by Crippen LogP contribution is 2.30. The molecule has 1 rings (SSSR count). The average molecular weight is 220 g/mol. The van der Waals surface area contributed by atoms with E-state index in [1.165, 1.54) is 0 Å². The molecule has 0 aliphatic heterocycles. The minimum absolute atomic E-state index is 0.00411. The predicted molar refractivity (Wildman–Crippen MR) is 67.1 cm³/mol. The zero-order valence-corrected chi connectivity index (χ0v) is 9.80. The molecule has 0 saturated heterocycles. The number of hydrogen-bond donors (Lipinski definition) is 2. The fourth-order valence-corrected chi connectivity index (χ4v) is 1.57. The molecule has 0 saturated carbocycles. The molecule has 15 heavy (non-hydrogen) atoms. The first-order valence-corrected chi connectivity index (χ1v) is 5.69. The summed E-state index contributed by atoms with van der Waals surface area (Å²) in [5.74, 6) is 6.45. The van der Waals surface area contributed by atoms with E-state index in [2.05, 4.69) is 31.4 Å². The molecule has 0 spiro atoms. The fraction of sp³-hybridized carbons (Fsp3) is 0.385. The van der Waals surface area contributed by atoms with Gasteiger partial charge in [0.15, 0.2) is 0 Å². The highest BCUT2D eigenvalue weighted by Gasteiger charge is 2.08. The van der Waals surface area contributed by atoms with Gasteiger partial charge in [-0.25, -0.2) is 0 Å². The van der Waals surface area contributed by atoms with Crippen molar-refractivity contribution in [1.29, 1.82) is 0 Å². The Balaban J connectivity index is 2.59. The third kappa shape index (κ3) is 3.89. The van der Waals surface area contributed by atoms with Crippen molar-refractivity contribution in [1.82, 2.24) is 0 Å². The molecule has 1 N–H and O–H groups in total. The van der Waals surface area contributed by atoms with Crippen LogP contribution in [0.4, 0.5) is 0 Å². The maximum absolute atomic E-state index is 9.59. The highest BCUT2D eigenvalue weighted by atomic mass is 32.1. The van der Waals surface area contributed by atoms with Gasteiger partial charge in [-0.1, -0.05) is 25.1 Å². The number of aromatic hydroxyl groups is 1. The van der Waals surface area contributed by atoms with Crippen LogP contribution in [0.15, 0.2) is 24.3 Å². The molecule has 0 aliphatic rings. The van der Waals surface area contributed by atoms with Gasteiger partial charge in [-0.3, -0.25) is 0 Å². The van der Waals surface area contributed by atoms with E-state index in [-0.39, 0.29) is 5.25 Å². The molecular formula is C13H16OS. The van der Waals surface area contributed by atoms with Crippen LogP contribution in [0, 0.1) is 11.8 Å². The van der Waals surface area contributed by atoms with Gasteiger partial charge in [0, 0.05) is 23.7 Å². The summed E-state index contributed by atoms with van der Waals surface area (Å²) in [4.78, 5) is 0. The number of benzene rings is 1. The standard InChI is InChI=1S/C13H16OS/c1-2-3-4-5-10-13(15)11-8-6-7-9-12(11)14/h6-9,13-15H,2-3,10H2,1H3. The third-order valence-electron chi connectivity index (χ3n) is 2.09. The third-order valence-corrected chi connectivity index (χ3v) is 2.55. The van der Waals surface area contributed by atoms with Gasteiger partial charge in [0.25, 0.3) is 0 Å². The number of phenols is 1. The van der Waals surface area contributed by atoms with Gasteiger partial charge in [-0.15, -0.1) is 11.8 Å². The summed E-state index contributed by atoms with van der Waals surface area (Å²) in [6, 6.07) is 7.27. The Morgan fingerprint density at radius 2 is 2.07 bits per heavy atom.